The molecule has 2 amide bonds. The van der Waals surface area contributed by atoms with E-state index in [1.54, 1.807) is 41.2 Å². The van der Waals surface area contributed by atoms with Gasteiger partial charge >= 0.3 is 0 Å². The predicted octanol–water partition coefficient (Wildman–Crippen LogP) is 4.43. The third-order valence-electron chi connectivity index (χ3n) is 5.41. The lowest BCUT2D eigenvalue weighted by Gasteiger charge is -2.34. The largest absolute Gasteiger partial charge is 0.497 e. The van der Waals surface area contributed by atoms with Crippen LogP contribution in [0.2, 0.25) is 0 Å². The van der Waals surface area contributed by atoms with Crippen LogP contribution in [0.3, 0.4) is 0 Å². The van der Waals surface area contributed by atoms with Crippen molar-refractivity contribution in [3.05, 3.63) is 102 Å². The van der Waals surface area contributed by atoms with Crippen molar-refractivity contribution in [1.29, 1.82) is 0 Å². The molecule has 32 heavy (non-hydrogen) atoms. The number of rotatable bonds is 5. The molecular weight excluding hydrogens is 400 g/mol. The van der Waals surface area contributed by atoms with Crippen LogP contribution in [0.5, 0.6) is 5.75 Å². The standard InChI is InChI=1S/C19H20N2O3.C8H10/c1-24-17-9-7-16(8-10-17)19(23)21-12-11-20(18(22)14-21)13-15-5-3-2-4-6-15;1-2-8-6-4-3-5-7-8/h2-10H,11-14H2,1H3;3-7H,2H2,1H3. The van der Waals surface area contributed by atoms with Gasteiger partial charge in [-0.05, 0) is 41.8 Å². The van der Waals surface area contributed by atoms with E-state index in [-0.39, 0.29) is 18.4 Å². The monoisotopic (exact) mass is 430 g/mol. The molecule has 0 saturated carbocycles. The van der Waals surface area contributed by atoms with Crippen LogP contribution in [-0.2, 0) is 17.8 Å². The van der Waals surface area contributed by atoms with Gasteiger partial charge in [-0.3, -0.25) is 9.59 Å². The second kappa shape index (κ2) is 11.7. The molecule has 1 aliphatic rings. The summed E-state index contributed by atoms with van der Waals surface area (Å²) in [5.41, 5.74) is 3.08. The second-order valence-electron chi connectivity index (χ2n) is 7.60. The van der Waals surface area contributed by atoms with Gasteiger partial charge in [0.2, 0.25) is 5.91 Å². The molecular formula is C27H30N2O3. The van der Waals surface area contributed by atoms with E-state index in [1.165, 1.54) is 5.56 Å². The van der Waals surface area contributed by atoms with Gasteiger partial charge < -0.3 is 14.5 Å². The molecule has 0 spiro atoms. The van der Waals surface area contributed by atoms with Gasteiger partial charge in [0, 0.05) is 25.2 Å². The number of piperazine rings is 1. The number of methoxy groups -OCH3 is 1. The SMILES string of the molecule is CCc1ccccc1.COc1ccc(C(=O)N2CCN(Cc3ccccc3)C(=O)C2)cc1. The first kappa shape index (κ1) is 23.1. The van der Waals surface area contributed by atoms with E-state index in [0.29, 0.717) is 30.9 Å². The number of aryl methyl sites for hydroxylation is 1. The Morgan fingerprint density at radius 2 is 1.44 bits per heavy atom. The number of ether oxygens (including phenoxy) is 1. The third kappa shape index (κ3) is 6.45. The van der Waals surface area contributed by atoms with Crippen molar-refractivity contribution >= 4 is 11.8 Å². The van der Waals surface area contributed by atoms with Crippen LogP contribution < -0.4 is 4.74 Å². The lowest BCUT2D eigenvalue weighted by molar-refractivity contribution is -0.135. The molecule has 1 fully saturated rings. The summed E-state index contributed by atoms with van der Waals surface area (Å²) in [5, 5.41) is 0. The first-order valence-corrected chi connectivity index (χ1v) is 10.9. The van der Waals surface area contributed by atoms with Gasteiger partial charge in [-0.2, -0.15) is 0 Å². The molecule has 0 aliphatic carbocycles. The minimum Gasteiger partial charge on any atom is -0.497 e. The van der Waals surface area contributed by atoms with Gasteiger partial charge in [-0.25, -0.2) is 0 Å². The maximum Gasteiger partial charge on any atom is 0.254 e. The molecule has 0 N–H and O–H groups in total. The summed E-state index contributed by atoms with van der Waals surface area (Å²) in [6, 6.07) is 27.3. The highest BCUT2D eigenvalue weighted by Crippen LogP contribution is 2.15. The Morgan fingerprint density at radius 3 is 1.94 bits per heavy atom. The molecule has 0 aromatic heterocycles. The topological polar surface area (TPSA) is 49.9 Å². The normalized spacial score (nSPS) is 13.2. The van der Waals surface area contributed by atoms with E-state index in [2.05, 4.69) is 31.2 Å². The average molecular weight is 431 g/mol. The molecule has 4 rings (SSSR count). The van der Waals surface area contributed by atoms with E-state index in [1.807, 2.05) is 36.4 Å². The molecule has 1 aliphatic heterocycles. The number of hydrogen-bond donors (Lipinski definition) is 0. The van der Waals surface area contributed by atoms with E-state index in [4.69, 9.17) is 4.74 Å². The molecule has 0 unspecified atom stereocenters. The van der Waals surface area contributed by atoms with Crippen LogP contribution in [0.15, 0.2) is 84.9 Å². The van der Waals surface area contributed by atoms with E-state index < -0.39 is 0 Å². The van der Waals surface area contributed by atoms with E-state index >= 15 is 0 Å². The zero-order valence-corrected chi connectivity index (χ0v) is 18.7. The number of carbonyl (C=O) groups is 2. The van der Waals surface area contributed by atoms with Crippen molar-refractivity contribution < 1.29 is 14.3 Å². The zero-order chi connectivity index (χ0) is 22.8. The zero-order valence-electron chi connectivity index (χ0n) is 18.7. The average Bonchev–Trinajstić information content (AvgIpc) is 2.86. The smallest absolute Gasteiger partial charge is 0.254 e. The lowest BCUT2D eigenvalue weighted by Crippen LogP contribution is -2.51. The lowest BCUT2D eigenvalue weighted by atomic mass is 10.1. The number of carbonyl (C=O) groups excluding carboxylic acids is 2. The number of hydrogen-bond acceptors (Lipinski definition) is 3. The quantitative estimate of drug-likeness (QED) is 0.602. The summed E-state index contributed by atoms with van der Waals surface area (Å²) < 4.78 is 5.10. The van der Waals surface area contributed by atoms with Gasteiger partial charge in [0.05, 0.1) is 7.11 Å². The van der Waals surface area contributed by atoms with Crippen molar-refractivity contribution in [2.45, 2.75) is 19.9 Å². The Labute approximate surface area is 190 Å². The highest BCUT2D eigenvalue weighted by atomic mass is 16.5. The van der Waals surface area contributed by atoms with Crippen LogP contribution in [0.25, 0.3) is 0 Å². The summed E-state index contributed by atoms with van der Waals surface area (Å²) >= 11 is 0. The molecule has 1 heterocycles. The summed E-state index contributed by atoms with van der Waals surface area (Å²) in [7, 11) is 1.58. The van der Waals surface area contributed by atoms with Crippen LogP contribution in [0.4, 0.5) is 0 Å². The summed E-state index contributed by atoms with van der Waals surface area (Å²) in [4.78, 5) is 28.3. The van der Waals surface area contributed by atoms with E-state index in [9.17, 15) is 9.59 Å². The van der Waals surface area contributed by atoms with Crippen LogP contribution in [0, 0.1) is 0 Å². The molecule has 0 atom stereocenters. The first-order chi connectivity index (χ1) is 15.6. The molecule has 5 nitrogen and oxygen atoms in total. The van der Waals surface area contributed by atoms with Gasteiger partial charge in [-0.15, -0.1) is 0 Å². The fraction of sp³-hybridized carbons (Fsp3) is 0.259. The fourth-order valence-electron chi connectivity index (χ4n) is 3.48. The van der Waals surface area contributed by atoms with Crippen molar-refractivity contribution in [2.75, 3.05) is 26.7 Å². The highest BCUT2D eigenvalue weighted by molar-refractivity contribution is 5.97. The Morgan fingerprint density at radius 1 is 0.844 bits per heavy atom. The van der Waals surface area contributed by atoms with Gasteiger partial charge in [-0.1, -0.05) is 67.6 Å². The maximum atomic E-state index is 12.5. The minimum absolute atomic E-state index is 0.0213. The van der Waals surface area contributed by atoms with E-state index in [0.717, 1.165) is 12.0 Å². The summed E-state index contributed by atoms with van der Waals surface area (Å²) in [6.45, 7) is 3.97. The van der Waals surface area contributed by atoms with Gasteiger partial charge in [0.15, 0.2) is 0 Å². The molecule has 166 valence electrons. The van der Waals surface area contributed by atoms with Gasteiger partial charge in [0.25, 0.3) is 5.91 Å². The Hall–Kier alpha value is -3.60. The van der Waals surface area contributed by atoms with Crippen LogP contribution >= 0.6 is 0 Å². The molecule has 1 saturated heterocycles. The third-order valence-corrected chi connectivity index (χ3v) is 5.41. The fourth-order valence-corrected chi connectivity index (χ4v) is 3.48. The number of benzene rings is 3. The van der Waals surface area contributed by atoms with Crippen molar-refractivity contribution in [1.82, 2.24) is 9.80 Å². The maximum absolute atomic E-state index is 12.5. The van der Waals surface area contributed by atoms with Gasteiger partial charge in [0.1, 0.15) is 12.3 Å². The summed E-state index contributed by atoms with van der Waals surface area (Å²) in [5.74, 6) is 0.563. The summed E-state index contributed by atoms with van der Waals surface area (Å²) in [6.07, 6.45) is 1.14. The Bertz CT molecular complexity index is 988. The van der Waals surface area contributed by atoms with Crippen molar-refractivity contribution in [3.63, 3.8) is 0 Å². The van der Waals surface area contributed by atoms with Crippen LogP contribution in [0.1, 0.15) is 28.4 Å². The molecule has 0 bridgehead atoms. The molecule has 5 heteroatoms. The minimum atomic E-state index is -0.120. The highest BCUT2D eigenvalue weighted by Gasteiger charge is 2.27. The Balaban J connectivity index is 0.000000305. The molecule has 0 radical (unpaired) electrons. The number of nitrogens with zero attached hydrogens (tertiary/aromatic N) is 2. The second-order valence-corrected chi connectivity index (χ2v) is 7.60. The molecule has 3 aromatic carbocycles. The first-order valence-electron chi connectivity index (χ1n) is 10.9. The molecule has 3 aromatic rings. The number of amides is 2. The van der Waals surface area contributed by atoms with Crippen molar-refractivity contribution in [3.8, 4) is 5.75 Å². The van der Waals surface area contributed by atoms with Crippen LogP contribution in [-0.4, -0.2) is 48.4 Å². The Kier molecular flexibility index (Phi) is 8.44. The predicted molar refractivity (Wildman–Crippen MR) is 127 cm³/mol. The van der Waals surface area contributed by atoms with Crippen molar-refractivity contribution in [2.24, 2.45) is 0 Å².